The molecule has 6 nitrogen and oxygen atoms in total. The smallest absolute Gasteiger partial charge is 0.314 e. The van der Waals surface area contributed by atoms with Crippen molar-refractivity contribution in [2.24, 2.45) is 0 Å². The van der Waals surface area contributed by atoms with E-state index in [9.17, 15) is 10.1 Å². The maximum Gasteiger partial charge on any atom is 0.314 e. The van der Waals surface area contributed by atoms with Gasteiger partial charge in [0.15, 0.2) is 0 Å². The van der Waals surface area contributed by atoms with Crippen LogP contribution in [-0.4, -0.2) is 24.2 Å². The van der Waals surface area contributed by atoms with Crippen molar-refractivity contribution >= 4 is 17.1 Å². The van der Waals surface area contributed by atoms with Gasteiger partial charge < -0.3 is 15.8 Å². The van der Waals surface area contributed by atoms with E-state index in [1.165, 1.54) is 6.07 Å². The Morgan fingerprint density at radius 3 is 2.78 bits per heavy atom. The molecule has 0 bridgehead atoms. The second kappa shape index (κ2) is 4.81. The molecular formula is C12H17N3O3. The van der Waals surface area contributed by atoms with E-state index >= 15 is 0 Å². The van der Waals surface area contributed by atoms with Crippen LogP contribution in [0.1, 0.15) is 19.3 Å². The summed E-state index contributed by atoms with van der Waals surface area (Å²) in [5, 5.41) is 14.1. The molecule has 18 heavy (non-hydrogen) atoms. The number of nitro groups is 1. The van der Waals surface area contributed by atoms with Crippen molar-refractivity contribution in [1.82, 2.24) is 0 Å². The largest absolute Gasteiger partial charge is 0.393 e. The van der Waals surface area contributed by atoms with Crippen molar-refractivity contribution < 1.29 is 9.66 Å². The van der Waals surface area contributed by atoms with E-state index in [0.29, 0.717) is 12.2 Å². The average Bonchev–Trinajstić information content (AvgIpc) is 2.27. The molecule has 1 saturated carbocycles. The number of rotatable bonds is 5. The lowest BCUT2D eigenvalue weighted by atomic mass is 9.80. The standard InChI is InChI=1S/C12H17N3O3/c1-18-12(6-3-7-12)8-14-10-5-2-4-9(13)11(10)15(16)17/h2,4-5,14H,3,6-8,13H2,1H3. The lowest BCUT2D eigenvalue weighted by Crippen LogP contribution is -2.45. The molecule has 0 heterocycles. The van der Waals surface area contributed by atoms with Crippen molar-refractivity contribution in [3.63, 3.8) is 0 Å². The summed E-state index contributed by atoms with van der Waals surface area (Å²) >= 11 is 0. The van der Waals surface area contributed by atoms with Crippen LogP contribution in [0.5, 0.6) is 0 Å². The minimum Gasteiger partial charge on any atom is -0.393 e. The Kier molecular flexibility index (Phi) is 3.38. The van der Waals surface area contributed by atoms with Gasteiger partial charge in [0.2, 0.25) is 0 Å². The zero-order valence-corrected chi connectivity index (χ0v) is 10.3. The van der Waals surface area contributed by atoms with Crippen LogP contribution in [0.4, 0.5) is 17.1 Å². The Labute approximate surface area is 105 Å². The molecule has 0 aromatic heterocycles. The van der Waals surface area contributed by atoms with Crippen molar-refractivity contribution in [3.05, 3.63) is 28.3 Å². The summed E-state index contributed by atoms with van der Waals surface area (Å²) in [4.78, 5) is 10.5. The predicted octanol–water partition coefficient (Wildman–Crippen LogP) is 2.16. The van der Waals surface area contributed by atoms with Gasteiger partial charge in [-0.1, -0.05) is 6.07 Å². The minimum atomic E-state index is -0.460. The fourth-order valence-electron chi connectivity index (χ4n) is 2.19. The van der Waals surface area contributed by atoms with E-state index in [1.807, 2.05) is 0 Å². The first-order valence-electron chi connectivity index (χ1n) is 5.90. The van der Waals surface area contributed by atoms with Crippen LogP contribution >= 0.6 is 0 Å². The van der Waals surface area contributed by atoms with Crippen molar-refractivity contribution in [1.29, 1.82) is 0 Å². The molecule has 0 spiro atoms. The number of para-hydroxylation sites is 1. The quantitative estimate of drug-likeness (QED) is 0.475. The Balaban J connectivity index is 2.14. The number of nitro benzene ring substituents is 1. The van der Waals surface area contributed by atoms with E-state index in [1.54, 1.807) is 19.2 Å². The zero-order valence-electron chi connectivity index (χ0n) is 10.3. The summed E-state index contributed by atoms with van der Waals surface area (Å²) in [6.45, 7) is 0.563. The van der Waals surface area contributed by atoms with E-state index in [4.69, 9.17) is 10.5 Å². The molecule has 0 unspecified atom stereocenters. The highest BCUT2D eigenvalue weighted by molar-refractivity contribution is 5.74. The minimum absolute atomic E-state index is 0.0666. The highest BCUT2D eigenvalue weighted by Gasteiger charge is 2.37. The van der Waals surface area contributed by atoms with Crippen molar-refractivity contribution in [2.75, 3.05) is 24.7 Å². The zero-order chi connectivity index (χ0) is 13.2. The molecule has 3 N–H and O–H groups in total. The number of nitrogen functional groups attached to an aromatic ring is 1. The monoisotopic (exact) mass is 251 g/mol. The van der Waals surface area contributed by atoms with Gasteiger partial charge in [-0.3, -0.25) is 10.1 Å². The SMILES string of the molecule is COC1(CNc2cccc(N)c2[N+](=O)[O-])CCC1. The summed E-state index contributed by atoms with van der Waals surface area (Å²) in [6.07, 6.45) is 3.09. The maximum atomic E-state index is 11.0. The molecule has 0 saturated heterocycles. The molecule has 2 rings (SSSR count). The molecule has 1 aromatic rings. The molecule has 1 aliphatic carbocycles. The molecule has 0 aliphatic heterocycles. The highest BCUT2D eigenvalue weighted by Crippen LogP contribution is 2.37. The van der Waals surface area contributed by atoms with Gasteiger partial charge in [0.05, 0.1) is 10.5 Å². The molecule has 1 fully saturated rings. The summed E-state index contributed by atoms with van der Waals surface area (Å²) < 4.78 is 5.46. The van der Waals surface area contributed by atoms with Crippen LogP contribution < -0.4 is 11.1 Å². The van der Waals surface area contributed by atoms with Crippen molar-refractivity contribution in [2.45, 2.75) is 24.9 Å². The van der Waals surface area contributed by atoms with Crippen LogP contribution in [0.3, 0.4) is 0 Å². The summed E-state index contributed by atoms with van der Waals surface area (Å²) in [5.41, 5.74) is 6.00. The molecular weight excluding hydrogens is 234 g/mol. The summed E-state index contributed by atoms with van der Waals surface area (Å²) in [6, 6.07) is 4.89. The Morgan fingerprint density at radius 1 is 1.56 bits per heavy atom. The molecule has 0 atom stereocenters. The lowest BCUT2D eigenvalue weighted by molar-refractivity contribution is -0.383. The first kappa shape index (κ1) is 12.6. The molecule has 1 aromatic carbocycles. The van der Waals surface area contributed by atoms with E-state index in [-0.39, 0.29) is 17.0 Å². The van der Waals surface area contributed by atoms with Gasteiger partial charge in [0.1, 0.15) is 11.4 Å². The number of anilines is 2. The highest BCUT2D eigenvalue weighted by atomic mass is 16.6. The molecule has 1 aliphatic rings. The molecule has 0 radical (unpaired) electrons. The lowest BCUT2D eigenvalue weighted by Gasteiger charge is -2.40. The van der Waals surface area contributed by atoms with E-state index < -0.39 is 4.92 Å². The first-order valence-corrected chi connectivity index (χ1v) is 5.90. The summed E-state index contributed by atoms with van der Waals surface area (Å²) in [7, 11) is 1.68. The van der Waals surface area contributed by atoms with Crippen LogP contribution in [-0.2, 0) is 4.74 Å². The van der Waals surface area contributed by atoms with Gasteiger partial charge in [-0.25, -0.2) is 0 Å². The number of nitrogens with two attached hydrogens (primary N) is 1. The third-order valence-corrected chi connectivity index (χ3v) is 3.55. The fraction of sp³-hybridized carbons (Fsp3) is 0.500. The Bertz CT molecular complexity index is 452. The number of hydrogen-bond donors (Lipinski definition) is 2. The second-order valence-electron chi connectivity index (χ2n) is 4.59. The Morgan fingerprint density at radius 2 is 2.28 bits per heavy atom. The predicted molar refractivity (Wildman–Crippen MR) is 69.6 cm³/mol. The summed E-state index contributed by atoms with van der Waals surface area (Å²) in [5.74, 6) is 0. The van der Waals surface area contributed by atoms with Gasteiger partial charge in [0, 0.05) is 13.7 Å². The number of nitrogens with zero attached hydrogens (tertiary/aromatic N) is 1. The van der Waals surface area contributed by atoms with E-state index in [0.717, 1.165) is 19.3 Å². The van der Waals surface area contributed by atoms with Crippen LogP contribution in [0.15, 0.2) is 18.2 Å². The number of hydrogen-bond acceptors (Lipinski definition) is 5. The number of methoxy groups -OCH3 is 1. The third-order valence-electron chi connectivity index (χ3n) is 3.55. The van der Waals surface area contributed by atoms with Gasteiger partial charge in [-0.15, -0.1) is 0 Å². The topological polar surface area (TPSA) is 90.4 Å². The Hall–Kier alpha value is -1.82. The molecule has 6 heteroatoms. The second-order valence-corrected chi connectivity index (χ2v) is 4.59. The number of benzene rings is 1. The van der Waals surface area contributed by atoms with Gasteiger partial charge >= 0.3 is 5.69 Å². The number of ether oxygens (including phenoxy) is 1. The van der Waals surface area contributed by atoms with Crippen LogP contribution in [0, 0.1) is 10.1 Å². The van der Waals surface area contributed by atoms with Crippen LogP contribution in [0.25, 0.3) is 0 Å². The van der Waals surface area contributed by atoms with Crippen LogP contribution in [0.2, 0.25) is 0 Å². The third kappa shape index (κ3) is 2.24. The maximum absolute atomic E-state index is 11.0. The normalized spacial score (nSPS) is 16.9. The first-order chi connectivity index (χ1) is 8.58. The van der Waals surface area contributed by atoms with Crippen molar-refractivity contribution in [3.8, 4) is 0 Å². The number of nitrogens with one attached hydrogen (secondary N) is 1. The molecule has 0 amide bonds. The van der Waals surface area contributed by atoms with Gasteiger partial charge in [-0.2, -0.15) is 0 Å². The van der Waals surface area contributed by atoms with Gasteiger partial charge in [0.25, 0.3) is 0 Å². The van der Waals surface area contributed by atoms with E-state index in [2.05, 4.69) is 5.32 Å². The fourth-order valence-corrected chi connectivity index (χ4v) is 2.19. The molecule has 98 valence electrons. The average molecular weight is 251 g/mol. The van der Waals surface area contributed by atoms with Gasteiger partial charge in [-0.05, 0) is 31.4 Å².